The van der Waals surface area contributed by atoms with Crippen LogP contribution in [0.15, 0.2) is 60.3 Å². The third kappa shape index (κ3) is 7.04. The molecule has 10 nitrogen and oxygen atoms in total. The summed E-state index contributed by atoms with van der Waals surface area (Å²) in [5.74, 6) is 0.151. The normalized spacial score (nSPS) is 11.7. The van der Waals surface area contributed by atoms with Crippen LogP contribution in [0.25, 0.3) is 0 Å². The number of aryl methyl sites for hydroxylation is 2. The minimum Gasteiger partial charge on any atom is -0.342 e. The fourth-order valence-electron chi connectivity index (χ4n) is 3.70. The number of benzene rings is 2. The Morgan fingerprint density at radius 1 is 1.19 bits per heavy atom. The van der Waals surface area contributed by atoms with Gasteiger partial charge in [-0.2, -0.15) is 0 Å². The van der Waals surface area contributed by atoms with Crippen LogP contribution in [0.2, 0.25) is 0 Å². The van der Waals surface area contributed by atoms with Crippen LogP contribution in [-0.2, 0) is 11.3 Å². The molecular weight excluding hydrogens is 492 g/mol. The van der Waals surface area contributed by atoms with Crippen LogP contribution >= 0.6 is 11.8 Å². The molecule has 0 aliphatic rings. The number of amides is 2. The maximum Gasteiger partial charge on any atom is 0.269 e. The average molecular weight is 523 g/mol. The van der Waals surface area contributed by atoms with Crippen LogP contribution in [0, 0.1) is 29.9 Å². The second-order valence-corrected chi connectivity index (χ2v) is 9.84. The van der Waals surface area contributed by atoms with Crippen molar-refractivity contribution in [2.75, 3.05) is 11.1 Å². The second kappa shape index (κ2) is 12.3. The summed E-state index contributed by atoms with van der Waals surface area (Å²) >= 11 is 1.20. The molecule has 0 saturated carbocycles. The molecule has 0 unspecified atom stereocenters. The van der Waals surface area contributed by atoms with Crippen molar-refractivity contribution in [3.05, 3.63) is 87.7 Å². The van der Waals surface area contributed by atoms with Crippen molar-refractivity contribution in [1.82, 2.24) is 20.1 Å². The van der Waals surface area contributed by atoms with Gasteiger partial charge < -0.3 is 15.2 Å². The first-order chi connectivity index (χ1) is 17.6. The van der Waals surface area contributed by atoms with Gasteiger partial charge >= 0.3 is 0 Å². The summed E-state index contributed by atoms with van der Waals surface area (Å²) in [5, 5.41) is 25.9. The second-order valence-electron chi connectivity index (χ2n) is 8.90. The van der Waals surface area contributed by atoms with E-state index in [2.05, 4.69) is 27.4 Å². The number of nitro benzene ring substituents is 1. The molecule has 0 fully saturated rings. The van der Waals surface area contributed by atoms with E-state index in [1.165, 1.54) is 30.0 Å². The molecule has 1 atom stereocenters. The van der Waals surface area contributed by atoms with Crippen molar-refractivity contribution >= 4 is 35.0 Å². The molecule has 1 aromatic heterocycles. The Kier molecular flexibility index (Phi) is 9.18. The van der Waals surface area contributed by atoms with Crippen molar-refractivity contribution in [3.63, 3.8) is 0 Å². The molecule has 2 amide bonds. The third-order valence-electron chi connectivity index (χ3n) is 5.60. The first-order valence-corrected chi connectivity index (χ1v) is 12.7. The van der Waals surface area contributed by atoms with Gasteiger partial charge in [0, 0.05) is 29.9 Å². The minimum absolute atomic E-state index is 0.0211. The quantitative estimate of drug-likeness (QED) is 0.159. The van der Waals surface area contributed by atoms with Crippen molar-refractivity contribution < 1.29 is 14.5 Å². The molecule has 2 N–H and O–H groups in total. The number of nitrogens with one attached hydrogen (secondary N) is 2. The number of hydrogen-bond acceptors (Lipinski definition) is 7. The van der Waals surface area contributed by atoms with Gasteiger partial charge in [0.25, 0.3) is 11.6 Å². The van der Waals surface area contributed by atoms with Gasteiger partial charge in [0.15, 0.2) is 11.0 Å². The summed E-state index contributed by atoms with van der Waals surface area (Å²) < 4.78 is 1.84. The topological polar surface area (TPSA) is 132 Å². The summed E-state index contributed by atoms with van der Waals surface area (Å²) in [5.41, 5.74) is 2.61. The van der Waals surface area contributed by atoms with E-state index in [4.69, 9.17) is 0 Å². The number of hydrogen-bond donors (Lipinski definition) is 2. The third-order valence-corrected chi connectivity index (χ3v) is 6.56. The molecule has 1 heterocycles. The Balaban J connectivity index is 1.74. The van der Waals surface area contributed by atoms with Crippen molar-refractivity contribution in [2.45, 2.75) is 45.4 Å². The lowest BCUT2D eigenvalue weighted by molar-refractivity contribution is -0.384. The van der Waals surface area contributed by atoms with Crippen LogP contribution in [0.4, 0.5) is 11.4 Å². The maximum atomic E-state index is 13.0. The number of carbonyl (C=O) groups is 2. The Morgan fingerprint density at radius 3 is 2.57 bits per heavy atom. The van der Waals surface area contributed by atoms with Gasteiger partial charge in [-0.05, 0) is 43.5 Å². The van der Waals surface area contributed by atoms with E-state index in [0.29, 0.717) is 34.3 Å². The van der Waals surface area contributed by atoms with Crippen LogP contribution in [0.1, 0.15) is 47.2 Å². The summed E-state index contributed by atoms with van der Waals surface area (Å²) in [4.78, 5) is 36.0. The molecule has 0 bridgehead atoms. The smallest absolute Gasteiger partial charge is 0.269 e. The van der Waals surface area contributed by atoms with Gasteiger partial charge in [-0.1, -0.05) is 49.4 Å². The van der Waals surface area contributed by atoms with E-state index in [9.17, 15) is 19.7 Å². The molecule has 0 spiro atoms. The fraction of sp³-hybridized carbons (Fsp3) is 0.308. The fourth-order valence-corrected chi connectivity index (χ4v) is 4.45. The summed E-state index contributed by atoms with van der Waals surface area (Å²) in [6.45, 7) is 11.8. The zero-order valence-electron chi connectivity index (χ0n) is 21.2. The van der Waals surface area contributed by atoms with E-state index < -0.39 is 11.0 Å². The van der Waals surface area contributed by atoms with E-state index >= 15 is 0 Å². The van der Waals surface area contributed by atoms with Gasteiger partial charge in [-0.15, -0.1) is 16.8 Å². The Labute approximate surface area is 219 Å². The highest BCUT2D eigenvalue weighted by atomic mass is 32.2. The Morgan fingerprint density at radius 2 is 1.95 bits per heavy atom. The van der Waals surface area contributed by atoms with Crippen LogP contribution in [-0.4, -0.2) is 37.3 Å². The number of aromatic nitrogens is 3. The molecule has 194 valence electrons. The highest BCUT2D eigenvalue weighted by Crippen LogP contribution is 2.26. The lowest BCUT2D eigenvalue weighted by atomic mass is 10.0. The summed E-state index contributed by atoms with van der Waals surface area (Å²) in [6, 6.07) is 11.2. The number of allylic oxidation sites excluding steroid dienone is 1. The Hall–Kier alpha value is -3.99. The van der Waals surface area contributed by atoms with Gasteiger partial charge in [0.05, 0.1) is 16.7 Å². The summed E-state index contributed by atoms with van der Waals surface area (Å²) in [6.07, 6.45) is 1.71. The zero-order valence-corrected chi connectivity index (χ0v) is 22.0. The first kappa shape index (κ1) is 27.6. The van der Waals surface area contributed by atoms with E-state index in [0.717, 1.165) is 5.56 Å². The van der Waals surface area contributed by atoms with Crippen molar-refractivity contribution in [1.29, 1.82) is 0 Å². The number of carbonyl (C=O) groups excluding carboxylic acids is 2. The highest BCUT2D eigenvalue weighted by Gasteiger charge is 2.26. The summed E-state index contributed by atoms with van der Waals surface area (Å²) in [7, 11) is 0. The molecule has 11 heteroatoms. The number of nitro groups is 1. The maximum absolute atomic E-state index is 13.0. The van der Waals surface area contributed by atoms with Crippen LogP contribution in [0.3, 0.4) is 0 Å². The number of anilines is 1. The predicted molar refractivity (Wildman–Crippen MR) is 144 cm³/mol. The number of non-ortho nitro benzene ring substituents is 1. The zero-order chi connectivity index (χ0) is 27.1. The lowest BCUT2D eigenvalue weighted by Gasteiger charge is -2.22. The minimum atomic E-state index is -0.480. The van der Waals surface area contributed by atoms with E-state index in [1.807, 2.05) is 43.5 Å². The van der Waals surface area contributed by atoms with Crippen LogP contribution < -0.4 is 10.6 Å². The average Bonchev–Trinajstić information content (AvgIpc) is 3.24. The monoisotopic (exact) mass is 522 g/mol. The number of rotatable bonds is 11. The Bertz CT molecular complexity index is 1320. The lowest BCUT2D eigenvalue weighted by Crippen LogP contribution is -2.34. The molecule has 3 aromatic rings. The first-order valence-electron chi connectivity index (χ1n) is 11.7. The highest BCUT2D eigenvalue weighted by molar-refractivity contribution is 7.99. The molecule has 2 aromatic carbocycles. The molecular formula is C26H30N6O4S. The van der Waals surface area contributed by atoms with Gasteiger partial charge in [-0.3, -0.25) is 19.7 Å². The molecule has 0 saturated heterocycles. The predicted octanol–water partition coefficient (Wildman–Crippen LogP) is 4.85. The largest absolute Gasteiger partial charge is 0.342 e. The van der Waals surface area contributed by atoms with Gasteiger partial charge in [0.1, 0.15) is 0 Å². The molecule has 3 rings (SSSR count). The van der Waals surface area contributed by atoms with Gasteiger partial charge in [0.2, 0.25) is 5.91 Å². The van der Waals surface area contributed by atoms with E-state index in [1.54, 1.807) is 19.1 Å². The number of nitrogens with zero attached hydrogens (tertiary/aromatic N) is 4. The number of thioether (sulfide) groups is 1. The SMILES string of the molecule is C=CCn1c(SCC(=O)Nc2ccc([N+](=O)[O-])cc2C)nnc1[C@H](NC(=O)c1cccc(C)c1)C(C)C. The van der Waals surface area contributed by atoms with Crippen molar-refractivity contribution in [3.8, 4) is 0 Å². The molecule has 0 aliphatic carbocycles. The molecule has 0 radical (unpaired) electrons. The van der Waals surface area contributed by atoms with Crippen molar-refractivity contribution in [2.24, 2.45) is 5.92 Å². The molecule has 37 heavy (non-hydrogen) atoms. The molecule has 0 aliphatic heterocycles. The van der Waals surface area contributed by atoms with Crippen LogP contribution in [0.5, 0.6) is 0 Å². The van der Waals surface area contributed by atoms with E-state index in [-0.39, 0.29) is 29.2 Å². The van der Waals surface area contributed by atoms with Gasteiger partial charge in [-0.25, -0.2) is 0 Å². The standard InChI is InChI=1S/C26H30N6O4S/c1-6-12-31-24(23(16(2)3)28-25(34)19-9-7-8-17(4)13-19)29-30-26(31)37-15-22(33)27-21-11-10-20(32(35)36)14-18(21)5/h6-11,13-14,16,23H,1,12,15H2,2-5H3,(H,27,33)(H,28,34)/t23-/m1/s1.